The molecule has 2 aromatic carbocycles. The Kier molecular flexibility index (Phi) is 3.81. The van der Waals surface area contributed by atoms with Crippen LogP contribution >= 0.6 is 0 Å². The van der Waals surface area contributed by atoms with Gasteiger partial charge in [-0.15, -0.1) is 0 Å². The molecule has 0 spiro atoms. The highest BCUT2D eigenvalue weighted by molar-refractivity contribution is 5.68. The van der Waals surface area contributed by atoms with Crippen molar-refractivity contribution in [3.05, 3.63) is 59.7 Å². The van der Waals surface area contributed by atoms with Crippen molar-refractivity contribution < 1.29 is 9.26 Å². The lowest BCUT2D eigenvalue weighted by Gasteiger charge is -2.12. The Morgan fingerprint density at radius 2 is 1.77 bits per heavy atom. The van der Waals surface area contributed by atoms with Crippen LogP contribution in [0.5, 0.6) is 5.75 Å². The lowest BCUT2D eigenvalue weighted by molar-refractivity contribution is 0.210. The van der Waals surface area contributed by atoms with Crippen LogP contribution in [0, 0.1) is 0 Å². The lowest BCUT2D eigenvalue weighted by atomic mass is 10.1. The van der Waals surface area contributed by atoms with Gasteiger partial charge in [0.15, 0.2) is 0 Å². The smallest absolute Gasteiger partial charge is 0.258 e. The number of nitrogens with zero attached hydrogens (tertiary/aromatic N) is 2. The predicted molar refractivity (Wildman–Crippen MR) is 101 cm³/mol. The van der Waals surface area contributed by atoms with Gasteiger partial charge < -0.3 is 9.26 Å². The minimum Gasteiger partial charge on any atom is -0.490 e. The molecule has 1 fully saturated rings. The van der Waals surface area contributed by atoms with E-state index < -0.39 is 0 Å². The van der Waals surface area contributed by atoms with Crippen molar-refractivity contribution in [2.45, 2.75) is 38.2 Å². The summed E-state index contributed by atoms with van der Waals surface area (Å²) in [5, 5.41) is 4.14. The average molecular weight is 344 g/mol. The number of fused-ring (bicyclic) bond motifs is 1. The van der Waals surface area contributed by atoms with Gasteiger partial charge in [-0.3, -0.25) is 0 Å². The maximum Gasteiger partial charge on any atom is 0.258 e. The topological polar surface area (TPSA) is 48.2 Å². The molecule has 0 radical (unpaired) electrons. The third kappa shape index (κ3) is 2.92. The number of allylic oxidation sites excluding steroid dienone is 1. The molecular formula is C22H20N2O2. The molecule has 0 amide bonds. The highest BCUT2D eigenvalue weighted by Crippen LogP contribution is 2.29. The zero-order valence-corrected chi connectivity index (χ0v) is 14.5. The molecule has 2 aliphatic rings. The predicted octanol–water partition coefficient (Wildman–Crippen LogP) is 5.29. The van der Waals surface area contributed by atoms with Crippen LogP contribution < -0.4 is 4.74 Å². The molecule has 0 atom stereocenters. The SMILES string of the molecule is C1=Cc2cc(-c3nc(-c4ccc(OC5CCCC5)cc4)no3)ccc2C1. The van der Waals surface area contributed by atoms with Gasteiger partial charge in [-0.2, -0.15) is 4.98 Å². The van der Waals surface area contributed by atoms with Crippen molar-refractivity contribution in [1.82, 2.24) is 10.1 Å². The van der Waals surface area contributed by atoms with Crippen LogP contribution in [0.3, 0.4) is 0 Å². The number of aromatic nitrogens is 2. The normalized spacial score (nSPS) is 16.2. The van der Waals surface area contributed by atoms with Crippen molar-refractivity contribution in [3.63, 3.8) is 0 Å². The van der Waals surface area contributed by atoms with Crippen LogP contribution in [-0.4, -0.2) is 16.2 Å². The zero-order valence-electron chi connectivity index (χ0n) is 14.5. The summed E-state index contributed by atoms with van der Waals surface area (Å²) in [6.07, 6.45) is 10.5. The fourth-order valence-corrected chi connectivity index (χ4v) is 3.72. The Morgan fingerprint density at radius 3 is 2.62 bits per heavy atom. The second-order valence-corrected chi connectivity index (χ2v) is 6.99. The van der Waals surface area contributed by atoms with Crippen LogP contribution in [0.4, 0.5) is 0 Å². The van der Waals surface area contributed by atoms with E-state index in [9.17, 15) is 0 Å². The van der Waals surface area contributed by atoms with Crippen LogP contribution in [-0.2, 0) is 6.42 Å². The summed E-state index contributed by atoms with van der Waals surface area (Å²) in [6.45, 7) is 0. The van der Waals surface area contributed by atoms with Crippen molar-refractivity contribution in [3.8, 4) is 28.6 Å². The van der Waals surface area contributed by atoms with E-state index >= 15 is 0 Å². The molecule has 1 saturated carbocycles. The third-order valence-electron chi connectivity index (χ3n) is 5.17. The fraction of sp³-hybridized carbons (Fsp3) is 0.273. The fourth-order valence-electron chi connectivity index (χ4n) is 3.72. The monoisotopic (exact) mass is 344 g/mol. The molecule has 130 valence electrons. The molecule has 0 aliphatic heterocycles. The van der Waals surface area contributed by atoms with Gasteiger partial charge >= 0.3 is 0 Å². The van der Waals surface area contributed by atoms with Crippen LogP contribution in [0.25, 0.3) is 28.9 Å². The Labute approximate surface area is 152 Å². The molecular weight excluding hydrogens is 324 g/mol. The number of rotatable bonds is 4. The summed E-state index contributed by atoms with van der Waals surface area (Å²) in [4.78, 5) is 4.57. The lowest BCUT2D eigenvalue weighted by Crippen LogP contribution is -2.10. The maximum atomic E-state index is 6.01. The van der Waals surface area contributed by atoms with Gasteiger partial charge in [0, 0.05) is 11.1 Å². The molecule has 0 N–H and O–H groups in total. The van der Waals surface area contributed by atoms with Crippen molar-refractivity contribution in [2.75, 3.05) is 0 Å². The Bertz CT molecular complexity index is 951. The molecule has 4 nitrogen and oxygen atoms in total. The summed E-state index contributed by atoms with van der Waals surface area (Å²) in [5.41, 5.74) is 4.46. The van der Waals surface area contributed by atoms with Gasteiger partial charge in [-0.25, -0.2) is 0 Å². The molecule has 3 aromatic rings. The van der Waals surface area contributed by atoms with Gasteiger partial charge in [0.1, 0.15) is 5.75 Å². The molecule has 0 saturated heterocycles. The first-order valence-corrected chi connectivity index (χ1v) is 9.26. The van der Waals surface area contributed by atoms with E-state index in [4.69, 9.17) is 9.26 Å². The van der Waals surface area contributed by atoms with E-state index in [2.05, 4.69) is 34.4 Å². The molecule has 0 unspecified atom stereocenters. The Morgan fingerprint density at radius 1 is 0.962 bits per heavy atom. The number of hydrogen-bond acceptors (Lipinski definition) is 4. The van der Waals surface area contributed by atoms with Crippen molar-refractivity contribution >= 4 is 6.08 Å². The van der Waals surface area contributed by atoms with E-state index in [1.807, 2.05) is 30.3 Å². The average Bonchev–Trinajstić information content (AvgIpc) is 3.43. The van der Waals surface area contributed by atoms with Gasteiger partial charge in [0.25, 0.3) is 5.89 Å². The number of benzene rings is 2. The first-order valence-electron chi connectivity index (χ1n) is 9.26. The number of hydrogen-bond donors (Lipinski definition) is 0. The van der Waals surface area contributed by atoms with Gasteiger partial charge in [-0.1, -0.05) is 23.4 Å². The van der Waals surface area contributed by atoms with E-state index in [0.29, 0.717) is 17.8 Å². The summed E-state index contributed by atoms with van der Waals surface area (Å²) in [7, 11) is 0. The minimum atomic E-state index is 0.367. The van der Waals surface area contributed by atoms with E-state index in [1.165, 1.54) is 24.0 Å². The highest BCUT2D eigenvalue weighted by atomic mass is 16.5. The molecule has 0 bridgehead atoms. The quantitative estimate of drug-likeness (QED) is 0.645. The maximum absolute atomic E-state index is 6.01. The molecule has 2 aliphatic carbocycles. The number of ether oxygens (including phenoxy) is 1. The first kappa shape index (κ1) is 15.4. The van der Waals surface area contributed by atoms with Gasteiger partial charge in [0.2, 0.25) is 5.82 Å². The third-order valence-corrected chi connectivity index (χ3v) is 5.17. The summed E-state index contributed by atoms with van der Waals surface area (Å²) in [6, 6.07) is 14.2. The van der Waals surface area contributed by atoms with Gasteiger partial charge in [-0.05, 0) is 79.6 Å². The van der Waals surface area contributed by atoms with E-state index in [-0.39, 0.29) is 0 Å². The van der Waals surface area contributed by atoms with E-state index in [0.717, 1.165) is 36.1 Å². The second-order valence-electron chi connectivity index (χ2n) is 6.99. The first-order chi connectivity index (χ1) is 12.8. The molecule has 1 aromatic heterocycles. The molecule has 4 heteroatoms. The van der Waals surface area contributed by atoms with E-state index in [1.54, 1.807) is 0 Å². The Hall–Kier alpha value is -2.88. The molecule has 1 heterocycles. The zero-order chi connectivity index (χ0) is 17.3. The summed E-state index contributed by atoms with van der Waals surface area (Å²) >= 11 is 0. The Balaban J connectivity index is 1.35. The second kappa shape index (κ2) is 6.45. The largest absolute Gasteiger partial charge is 0.490 e. The summed E-state index contributed by atoms with van der Waals surface area (Å²) < 4.78 is 11.5. The van der Waals surface area contributed by atoms with Crippen molar-refractivity contribution in [2.24, 2.45) is 0 Å². The standard InChI is InChI=1S/C22H20N2O2/c1-2-7-19(6-1)25-20-12-10-16(11-13-20)21-23-22(26-24-21)18-9-8-15-4-3-5-17(15)14-18/h3,5,8-14,19H,1-2,4,6-7H2. The van der Waals surface area contributed by atoms with Crippen molar-refractivity contribution in [1.29, 1.82) is 0 Å². The summed E-state index contributed by atoms with van der Waals surface area (Å²) in [5.74, 6) is 2.06. The van der Waals surface area contributed by atoms with Crippen LogP contribution in [0.15, 0.2) is 53.1 Å². The van der Waals surface area contributed by atoms with Crippen LogP contribution in [0.1, 0.15) is 36.8 Å². The minimum absolute atomic E-state index is 0.367. The molecule has 5 rings (SSSR count). The van der Waals surface area contributed by atoms with Crippen LogP contribution in [0.2, 0.25) is 0 Å². The van der Waals surface area contributed by atoms with Gasteiger partial charge in [0.05, 0.1) is 6.10 Å². The highest BCUT2D eigenvalue weighted by Gasteiger charge is 2.17. The molecule has 26 heavy (non-hydrogen) atoms.